The Morgan fingerprint density at radius 2 is 1.90 bits per heavy atom. The summed E-state index contributed by atoms with van der Waals surface area (Å²) >= 11 is 0. The van der Waals surface area contributed by atoms with Crippen molar-refractivity contribution < 1.29 is 19.1 Å². The van der Waals surface area contributed by atoms with Crippen molar-refractivity contribution in [3.63, 3.8) is 0 Å². The third-order valence-corrected chi connectivity index (χ3v) is 2.92. The first kappa shape index (κ1) is 16.1. The smallest absolute Gasteiger partial charge is 0.317 e. The Labute approximate surface area is 117 Å². The fourth-order valence-corrected chi connectivity index (χ4v) is 1.80. The lowest BCUT2D eigenvalue weighted by atomic mass is 10.1. The van der Waals surface area contributed by atoms with Crippen molar-refractivity contribution in [2.75, 3.05) is 19.6 Å². The molecule has 20 heavy (non-hydrogen) atoms. The SMILES string of the molecule is CCN(CC(=O)O)CC(=O)NC(C)c1ccc(F)cc1. The number of rotatable bonds is 7. The van der Waals surface area contributed by atoms with E-state index in [-0.39, 0.29) is 30.9 Å². The van der Waals surface area contributed by atoms with Gasteiger partial charge in [-0.15, -0.1) is 0 Å². The van der Waals surface area contributed by atoms with E-state index in [4.69, 9.17) is 5.11 Å². The van der Waals surface area contributed by atoms with E-state index in [0.717, 1.165) is 5.56 Å². The van der Waals surface area contributed by atoms with Crippen LogP contribution in [0.5, 0.6) is 0 Å². The zero-order valence-electron chi connectivity index (χ0n) is 11.6. The van der Waals surface area contributed by atoms with Gasteiger partial charge in [-0.3, -0.25) is 14.5 Å². The normalized spacial score (nSPS) is 12.2. The molecule has 0 aromatic heterocycles. The van der Waals surface area contributed by atoms with Crippen LogP contribution >= 0.6 is 0 Å². The number of amides is 1. The van der Waals surface area contributed by atoms with Gasteiger partial charge in [-0.2, -0.15) is 0 Å². The molecule has 0 radical (unpaired) electrons. The molecule has 0 aliphatic rings. The first-order chi connectivity index (χ1) is 9.42. The van der Waals surface area contributed by atoms with Gasteiger partial charge in [0.1, 0.15) is 5.82 Å². The Bertz CT molecular complexity index is 462. The summed E-state index contributed by atoms with van der Waals surface area (Å²) in [5.74, 6) is -1.55. The number of benzene rings is 1. The molecule has 1 aromatic carbocycles. The summed E-state index contributed by atoms with van der Waals surface area (Å²) in [5, 5.41) is 11.5. The Hall–Kier alpha value is -1.95. The van der Waals surface area contributed by atoms with Crippen molar-refractivity contribution in [1.82, 2.24) is 10.2 Å². The minimum absolute atomic E-state index is 0.0222. The number of aliphatic carboxylic acids is 1. The van der Waals surface area contributed by atoms with E-state index >= 15 is 0 Å². The predicted octanol–water partition coefficient (Wildman–Crippen LogP) is 1.41. The maximum Gasteiger partial charge on any atom is 0.317 e. The first-order valence-electron chi connectivity index (χ1n) is 6.41. The average molecular weight is 282 g/mol. The number of nitrogens with one attached hydrogen (secondary N) is 1. The minimum Gasteiger partial charge on any atom is -0.480 e. The Balaban J connectivity index is 2.52. The molecule has 2 N–H and O–H groups in total. The molecule has 0 heterocycles. The van der Waals surface area contributed by atoms with Crippen LogP contribution in [0.25, 0.3) is 0 Å². The lowest BCUT2D eigenvalue weighted by Gasteiger charge is -2.20. The summed E-state index contributed by atoms with van der Waals surface area (Å²) in [4.78, 5) is 24.0. The lowest BCUT2D eigenvalue weighted by molar-refractivity contribution is -0.138. The van der Waals surface area contributed by atoms with Crippen LogP contribution in [-0.4, -0.2) is 41.5 Å². The van der Waals surface area contributed by atoms with Gasteiger partial charge in [-0.25, -0.2) is 4.39 Å². The molecule has 0 saturated carbocycles. The maximum absolute atomic E-state index is 12.8. The number of carbonyl (C=O) groups is 2. The number of hydrogen-bond donors (Lipinski definition) is 2. The van der Waals surface area contributed by atoms with Crippen LogP contribution in [0.3, 0.4) is 0 Å². The van der Waals surface area contributed by atoms with Crippen LogP contribution in [0.2, 0.25) is 0 Å². The molecule has 1 rings (SSSR count). The minimum atomic E-state index is -0.966. The first-order valence-corrected chi connectivity index (χ1v) is 6.41. The second-order valence-electron chi connectivity index (χ2n) is 4.54. The molecule has 0 aliphatic carbocycles. The molecule has 1 atom stereocenters. The van der Waals surface area contributed by atoms with E-state index in [1.165, 1.54) is 17.0 Å². The quantitative estimate of drug-likeness (QED) is 0.793. The van der Waals surface area contributed by atoms with Crippen molar-refractivity contribution in [1.29, 1.82) is 0 Å². The van der Waals surface area contributed by atoms with Crippen LogP contribution in [0.15, 0.2) is 24.3 Å². The van der Waals surface area contributed by atoms with Gasteiger partial charge in [0.05, 0.1) is 19.1 Å². The van der Waals surface area contributed by atoms with Crippen molar-refractivity contribution >= 4 is 11.9 Å². The zero-order chi connectivity index (χ0) is 15.1. The summed E-state index contributed by atoms with van der Waals surface area (Å²) in [6.45, 7) is 3.91. The van der Waals surface area contributed by atoms with Gasteiger partial charge in [-0.1, -0.05) is 19.1 Å². The van der Waals surface area contributed by atoms with Crippen molar-refractivity contribution in [2.24, 2.45) is 0 Å². The van der Waals surface area contributed by atoms with Crippen molar-refractivity contribution in [3.05, 3.63) is 35.6 Å². The largest absolute Gasteiger partial charge is 0.480 e. The molecule has 6 heteroatoms. The molecular formula is C14H19FN2O3. The second-order valence-corrected chi connectivity index (χ2v) is 4.54. The Morgan fingerprint density at radius 3 is 2.40 bits per heavy atom. The summed E-state index contributed by atoms with van der Waals surface area (Å²) in [6.07, 6.45) is 0. The number of carbonyl (C=O) groups excluding carboxylic acids is 1. The standard InChI is InChI=1S/C14H19FN2O3/c1-3-17(9-14(19)20)8-13(18)16-10(2)11-4-6-12(15)7-5-11/h4-7,10H,3,8-9H2,1-2H3,(H,16,18)(H,19,20). The van der Waals surface area contributed by atoms with E-state index in [0.29, 0.717) is 6.54 Å². The fourth-order valence-electron chi connectivity index (χ4n) is 1.80. The van der Waals surface area contributed by atoms with E-state index < -0.39 is 5.97 Å². The number of hydrogen-bond acceptors (Lipinski definition) is 3. The maximum atomic E-state index is 12.8. The van der Waals surface area contributed by atoms with Gasteiger partial charge < -0.3 is 10.4 Å². The van der Waals surface area contributed by atoms with Gasteiger partial charge in [0.15, 0.2) is 0 Å². The number of carboxylic acid groups (broad SMARTS) is 1. The highest BCUT2D eigenvalue weighted by Crippen LogP contribution is 2.12. The summed E-state index contributed by atoms with van der Waals surface area (Å²) in [7, 11) is 0. The van der Waals surface area contributed by atoms with Crippen LogP contribution < -0.4 is 5.32 Å². The molecule has 1 amide bonds. The molecule has 0 saturated heterocycles. The van der Waals surface area contributed by atoms with E-state index in [1.807, 2.05) is 0 Å². The van der Waals surface area contributed by atoms with E-state index in [2.05, 4.69) is 5.32 Å². The summed E-state index contributed by atoms with van der Waals surface area (Å²) in [5.41, 5.74) is 0.793. The third-order valence-electron chi connectivity index (χ3n) is 2.92. The van der Waals surface area contributed by atoms with Crippen molar-refractivity contribution in [3.8, 4) is 0 Å². The summed E-state index contributed by atoms with van der Waals surface area (Å²) in [6, 6.07) is 5.62. The highest BCUT2D eigenvalue weighted by Gasteiger charge is 2.14. The highest BCUT2D eigenvalue weighted by molar-refractivity contribution is 5.79. The molecule has 0 aliphatic heterocycles. The molecule has 110 valence electrons. The molecular weight excluding hydrogens is 263 g/mol. The van der Waals surface area contributed by atoms with Gasteiger partial charge in [-0.05, 0) is 31.2 Å². The molecule has 1 unspecified atom stereocenters. The highest BCUT2D eigenvalue weighted by atomic mass is 19.1. The fraction of sp³-hybridized carbons (Fsp3) is 0.429. The van der Waals surface area contributed by atoms with Gasteiger partial charge in [0, 0.05) is 0 Å². The summed E-state index contributed by atoms with van der Waals surface area (Å²) < 4.78 is 12.8. The van der Waals surface area contributed by atoms with Crippen LogP contribution in [0.1, 0.15) is 25.5 Å². The second kappa shape index (κ2) is 7.59. The average Bonchev–Trinajstić information content (AvgIpc) is 2.37. The number of nitrogens with zero attached hydrogens (tertiary/aromatic N) is 1. The van der Waals surface area contributed by atoms with Gasteiger partial charge in [0.2, 0.25) is 5.91 Å². The third kappa shape index (κ3) is 5.36. The molecule has 1 aromatic rings. The zero-order valence-corrected chi connectivity index (χ0v) is 11.6. The Kier molecular flexibility index (Phi) is 6.11. The molecule has 0 bridgehead atoms. The number of halogens is 1. The van der Waals surface area contributed by atoms with Gasteiger partial charge in [0.25, 0.3) is 0 Å². The predicted molar refractivity (Wildman–Crippen MR) is 72.7 cm³/mol. The van der Waals surface area contributed by atoms with Gasteiger partial charge >= 0.3 is 5.97 Å². The Morgan fingerprint density at radius 1 is 1.30 bits per heavy atom. The van der Waals surface area contributed by atoms with E-state index in [9.17, 15) is 14.0 Å². The molecule has 0 fully saturated rings. The molecule has 0 spiro atoms. The van der Waals surface area contributed by atoms with Crippen molar-refractivity contribution in [2.45, 2.75) is 19.9 Å². The van der Waals surface area contributed by atoms with Crippen LogP contribution in [0, 0.1) is 5.82 Å². The van der Waals surface area contributed by atoms with Crippen LogP contribution in [0.4, 0.5) is 4.39 Å². The number of carboxylic acids is 1. The number of likely N-dealkylation sites (N-methyl/N-ethyl adjacent to an activating group) is 1. The molecule has 5 nitrogen and oxygen atoms in total. The lowest BCUT2D eigenvalue weighted by Crippen LogP contribution is -2.40. The monoisotopic (exact) mass is 282 g/mol. The van der Waals surface area contributed by atoms with E-state index in [1.54, 1.807) is 26.0 Å². The topological polar surface area (TPSA) is 69.6 Å². The van der Waals surface area contributed by atoms with Crippen LogP contribution in [-0.2, 0) is 9.59 Å².